The van der Waals surface area contributed by atoms with Gasteiger partial charge in [-0.2, -0.15) is 0 Å². The summed E-state index contributed by atoms with van der Waals surface area (Å²) in [7, 11) is -3.30. The van der Waals surface area contributed by atoms with Crippen LogP contribution in [0.4, 0.5) is 11.4 Å². The molecule has 1 aliphatic rings. The minimum absolute atomic E-state index is 0.0560. The first-order valence-electron chi connectivity index (χ1n) is 9.09. The summed E-state index contributed by atoms with van der Waals surface area (Å²) in [6, 6.07) is 13.4. The molecular weight excluding hydrogens is 378 g/mol. The van der Waals surface area contributed by atoms with Crippen molar-refractivity contribution in [1.82, 2.24) is 4.31 Å². The zero-order chi connectivity index (χ0) is 20.1. The molecule has 1 heterocycles. The molecule has 2 aromatic carbocycles. The first-order valence-corrected chi connectivity index (χ1v) is 10.7. The lowest BCUT2D eigenvalue weighted by atomic mass is 10.1. The fourth-order valence-corrected chi connectivity index (χ4v) is 4.67. The molecular formula is C20H23N3O4S. The molecule has 0 spiro atoms. The Bertz CT molecular complexity index is 948. The zero-order valence-corrected chi connectivity index (χ0v) is 16.5. The molecule has 1 saturated heterocycles. The molecule has 1 fully saturated rings. The highest BCUT2D eigenvalue weighted by Crippen LogP contribution is 2.18. The summed E-state index contributed by atoms with van der Waals surface area (Å²) >= 11 is 0. The number of rotatable bonds is 6. The normalized spacial score (nSPS) is 14.6. The molecule has 0 atom stereocenters. The Morgan fingerprint density at radius 2 is 1.43 bits per heavy atom. The summed E-state index contributed by atoms with van der Waals surface area (Å²) in [5, 5.41) is 5.43. The summed E-state index contributed by atoms with van der Waals surface area (Å²) in [5.74, 6) is -0.510. The van der Waals surface area contributed by atoms with Gasteiger partial charge in [-0.05, 0) is 54.8 Å². The van der Waals surface area contributed by atoms with Crippen LogP contribution >= 0.6 is 0 Å². The molecule has 148 valence electrons. The number of carbonyl (C=O) groups is 2. The van der Waals surface area contributed by atoms with Crippen LogP contribution in [0.1, 0.15) is 35.7 Å². The smallest absolute Gasteiger partial charge is 0.255 e. The van der Waals surface area contributed by atoms with Gasteiger partial charge in [0.2, 0.25) is 15.9 Å². The number of nitrogens with one attached hydrogen (secondary N) is 2. The average Bonchev–Trinajstić information content (AvgIpc) is 3.19. The van der Waals surface area contributed by atoms with Gasteiger partial charge in [-0.3, -0.25) is 9.59 Å². The van der Waals surface area contributed by atoms with Crippen molar-refractivity contribution in [2.24, 2.45) is 0 Å². The number of anilines is 2. The predicted molar refractivity (Wildman–Crippen MR) is 109 cm³/mol. The second-order valence-electron chi connectivity index (χ2n) is 6.77. The first-order chi connectivity index (χ1) is 13.3. The van der Waals surface area contributed by atoms with Crippen molar-refractivity contribution in [2.45, 2.75) is 25.5 Å². The largest absolute Gasteiger partial charge is 0.326 e. The second-order valence-corrected chi connectivity index (χ2v) is 8.74. The highest BCUT2D eigenvalue weighted by molar-refractivity contribution is 7.88. The number of sulfonamides is 1. The van der Waals surface area contributed by atoms with Crippen molar-refractivity contribution < 1.29 is 18.0 Å². The summed E-state index contributed by atoms with van der Waals surface area (Å²) in [5.41, 5.74) is 2.34. The zero-order valence-electron chi connectivity index (χ0n) is 15.6. The van der Waals surface area contributed by atoms with Gasteiger partial charge in [0, 0.05) is 37.0 Å². The molecule has 0 aromatic heterocycles. The van der Waals surface area contributed by atoms with Crippen LogP contribution in [0.25, 0.3) is 0 Å². The van der Waals surface area contributed by atoms with Gasteiger partial charge in [-0.15, -0.1) is 0 Å². The van der Waals surface area contributed by atoms with Crippen molar-refractivity contribution in [1.29, 1.82) is 0 Å². The van der Waals surface area contributed by atoms with Crippen LogP contribution in [-0.2, 0) is 20.6 Å². The predicted octanol–water partition coefficient (Wildman–Crippen LogP) is 2.82. The van der Waals surface area contributed by atoms with Crippen LogP contribution in [0.3, 0.4) is 0 Å². The third kappa shape index (κ3) is 5.17. The molecule has 28 heavy (non-hydrogen) atoms. The lowest BCUT2D eigenvalue weighted by Crippen LogP contribution is -2.29. The van der Waals surface area contributed by atoms with E-state index in [0.717, 1.165) is 12.8 Å². The van der Waals surface area contributed by atoms with Crippen molar-refractivity contribution in [3.8, 4) is 0 Å². The Morgan fingerprint density at radius 1 is 0.893 bits per heavy atom. The molecule has 2 amide bonds. The molecule has 7 nitrogen and oxygen atoms in total. The van der Waals surface area contributed by atoms with E-state index in [0.29, 0.717) is 35.6 Å². The van der Waals surface area contributed by atoms with Crippen LogP contribution in [0.2, 0.25) is 0 Å². The highest BCUT2D eigenvalue weighted by Gasteiger charge is 2.25. The maximum atomic E-state index is 12.4. The van der Waals surface area contributed by atoms with Gasteiger partial charge in [-0.25, -0.2) is 12.7 Å². The Morgan fingerprint density at radius 3 is 1.96 bits per heavy atom. The number of amides is 2. The SMILES string of the molecule is CC(=O)Nc1ccc(NC(=O)c2ccc(CS(=O)(=O)N3CCCC3)cc2)cc1. The van der Waals surface area contributed by atoms with E-state index < -0.39 is 10.0 Å². The van der Waals surface area contributed by atoms with Gasteiger partial charge in [0.05, 0.1) is 5.75 Å². The van der Waals surface area contributed by atoms with E-state index in [1.54, 1.807) is 48.5 Å². The van der Waals surface area contributed by atoms with E-state index in [1.807, 2.05) is 0 Å². The van der Waals surface area contributed by atoms with Crippen LogP contribution < -0.4 is 10.6 Å². The van der Waals surface area contributed by atoms with E-state index >= 15 is 0 Å². The molecule has 0 saturated carbocycles. The van der Waals surface area contributed by atoms with Crippen molar-refractivity contribution in [3.05, 3.63) is 59.7 Å². The van der Waals surface area contributed by atoms with Crippen molar-refractivity contribution in [3.63, 3.8) is 0 Å². The van der Waals surface area contributed by atoms with Crippen LogP contribution in [0, 0.1) is 0 Å². The Hall–Kier alpha value is -2.71. The summed E-state index contributed by atoms with van der Waals surface area (Å²) in [6.45, 7) is 2.60. The monoisotopic (exact) mass is 401 g/mol. The number of hydrogen-bond acceptors (Lipinski definition) is 4. The van der Waals surface area contributed by atoms with Gasteiger partial charge >= 0.3 is 0 Å². The Balaban J connectivity index is 1.61. The molecule has 0 bridgehead atoms. The van der Waals surface area contributed by atoms with E-state index in [2.05, 4.69) is 10.6 Å². The number of nitrogens with zero attached hydrogens (tertiary/aromatic N) is 1. The highest BCUT2D eigenvalue weighted by atomic mass is 32.2. The van der Waals surface area contributed by atoms with Gasteiger partial charge in [-0.1, -0.05) is 12.1 Å². The van der Waals surface area contributed by atoms with Crippen molar-refractivity contribution in [2.75, 3.05) is 23.7 Å². The first kappa shape index (κ1) is 20.0. The molecule has 0 radical (unpaired) electrons. The lowest BCUT2D eigenvalue weighted by molar-refractivity contribution is -0.114. The van der Waals surface area contributed by atoms with Crippen molar-refractivity contribution >= 4 is 33.2 Å². The molecule has 0 aliphatic carbocycles. The fourth-order valence-electron chi connectivity index (χ4n) is 3.06. The fraction of sp³-hybridized carbons (Fsp3) is 0.300. The molecule has 3 rings (SSSR count). The lowest BCUT2D eigenvalue weighted by Gasteiger charge is -2.15. The maximum Gasteiger partial charge on any atom is 0.255 e. The van der Waals surface area contributed by atoms with Gasteiger partial charge < -0.3 is 10.6 Å². The van der Waals surface area contributed by atoms with Gasteiger partial charge in [0.1, 0.15) is 0 Å². The number of carbonyl (C=O) groups excluding carboxylic acids is 2. The Labute approximate surface area is 164 Å². The molecule has 2 N–H and O–H groups in total. The van der Waals surface area contributed by atoms with Crippen LogP contribution in [0.15, 0.2) is 48.5 Å². The minimum atomic E-state index is -3.30. The molecule has 0 unspecified atom stereocenters. The van der Waals surface area contributed by atoms with E-state index in [4.69, 9.17) is 0 Å². The van der Waals surface area contributed by atoms with E-state index in [-0.39, 0.29) is 17.6 Å². The standard InChI is InChI=1S/C20H23N3O4S/c1-15(24)21-18-8-10-19(11-9-18)22-20(25)17-6-4-16(5-7-17)14-28(26,27)23-12-2-3-13-23/h4-11H,2-3,12-14H2,1H3,(H,21,24)(H,22,25). The average molecular weight is 401 g/mol. The molecule has 2 aromatic rings. The molecule has 8 heteroatoms. The van der Waals surface area contributed by atoms with E-state index in [9.17, 15) is 18.0 Å². The summed E-state index contributed by atoms with van der Waals surface area (Å²) in [4.78, 5) is 23.4. The Kier molecular flexibility index (Phi) is 6.11. The van der Waals surface area contributed by atoms with Crippen LogP contribution in [0.5, 0.6) is 0 Å². The maximum absolute atomic E-state index is 12.4. The minimum Gasteiger partial charge on any atom is -0.326 e. The summed E-state index contributed by atoms with van der Waals surface area (Å²) < 4.78 is 26.3. The molecule has 1 aliphatic heterocycles. The summed E-state index contributed by atoms with van der Waals surface area (Å²) in [6.07, 6.45) is 1.81. The quantitative estimate of drug-likeness (QED) is 0.778. The van der Waals surface area contributed by atoms with Gasteiger partial charge in [0.15, 0.2) is 0 Å². The van der Waals surface area contributed by atoms with Crippen LogP contribution in [-0.4, -0.2) is 37.6 Å². The van der Waals surface area contributed by atoms with E-state index in [1.165, 1.54) is 11.2 Å². The number of hydrogen-bond donors (Lipinski definition) is 2. The number of benzene rings is 2. The third-order valence-corrected chi connectivity index (χ3v) is 6.34. The third-order valence-electron chi connectivity index (χ3n) is 4.49. The second kappa shape index (κ2) is 8.53. The topological polar surface area (TPSA) is 95.6 Å². The van der Waals surface area contributed by atoms with Gasteiger partial charge in [0.25, 0.3) is 5.91 Å².